The smallest absolute Gasteiger partial charge is 0.332 e. The highest BCUT2D eigenvalue weighted by molar-refractivity contribution is 5.94. The Labute approximate surface area is 154 Å². The molecule has 0 saturated carbocycles. The summed E-state index contributed by atoms with van der Waals surface area (Å²) in [7, 11) is 2.93. The Morgan fingerprint density at radius 1 is 1.15 bits per heavy atom. The minimum absolute atomic E-state index is 0.148. The molecule has 140 valence electrons. The summed E-state index contributed by atoms with van der Waals surface area (Å²) in [5, 5.41) is 3.09. The predicted molar refractivity (Wildman–Crippen MR) is 98.6 cm³/mol. The summed E-state index contributed by atoms with van der Waals surface area (Å²) in [6, 6.07) is 3.01. The largest absolute Gasteiger partial charge is 0.345 e. The Balaban J connectivity index is 1.58. The van der Waals surface area contributed by atoms with E-state index >= 15 is 0 Å². The van der Waals surface area contributed by atoms with Crippen LogP contribution in [0.25, 0.3) is 11.0 Å². The van der Waals surface area contributed by atoms with E-state index in [2.05, 4.69) is 19.9 Å². The summed E-state index contributed by atoms with van der Waals surface area (Å²) in [6.07, 6.45) is 5.22. The number of imidazole rings is 1. The van der Waals surface area contributed by atoms with E-state index in [4.69, 9.17) is 0 Å². The van der Waals surface area contributed by atoms with Gasteiger partial charge in [0, 0.05) is 33.3 Å². The van der Waals surface area contributed by atoms with Gasteiger partial charge in [-0.25, -0.2) is 14.8 Å². The van der Waals surface area contributed by atoms with Crippen LogP contribution < -0.4 is 16.6 Å². The number of amides is 1. The van der Waals surface area contributed by atoms with Crippen LogP contribution in [0, 0.1) is 0 Å². The Morgan fingerprint density at radius 2 is 1.96 bits per heavy atom. The average molecular weight is 368 g/mol. The number of carbonyl (C=O) groups excluding carboxylic acids is 1. The fourth-order valence-electron chi connectivity index (χ4n) is 3.40. The lowest BCUT2D eigenvalue weighted by Crippen LogP contribution is -2.37. The van der Waals surface area contributed by atoms with E-state index in [-0.39, 0.29) is 22.6 Å². The highest BCUT2D eigenvalue weighted by Gasteiger charge is 2.15. The quantitative estimate of drug-likeness (QED) is 0.706. The van der Waals surface area contributed by atoms with Crippen LogP contribution in [0.4, 0.5) is 0 Å². The first kappa shape index (κ1) is 17.2. The Hall–Kier alpha value is -3.23. The standard InChI is InChI=1S/C18H20N6O3/c1-22-15-12(17(26)23(2)18(22)27)6-7-13(21-15)16(25)19-9-11-10-24-8-4-3-5-14(24)20-11/h6-7,10H,3-5,8-9H2,1-2H3,(H,19,25). The maximum atomic E-state index is 12.5. The number of nitrogens with one attached hydrogen (secondary N) is 1. The SMILES string of the molecule is Cn1c(=O)c2ccc(C(=O)NCc3cn4c(n3)CCCC4)nc2n(C)c1=O. The van der Waals surface area contributed by atoms with E-state index in [9.17, 15) is 14.4 Å². The molecule has 0 bridgehead atoms. The number of hydrogen-bond acceptors (Lipinski definition) is 5. The molecule has 0 aliphatic carbocycles. The van der Waals surface area contributed by atoms with Gasteiger partial charge in [0.15, 0.2) is 0 Å². The molecule has 1 amide bonds. The number of aryl methyl sites for hydroxylation is 3. The molecule has 0 fully saturated rings. The summed E-state index contributed by atoms with van der Waals surface area (Å²) < 4.78 is 4.41. The molecule has 27 heavy (non-hydrogen) atoms. The van der Waals surface area contributed by atoms with Gasteiger partial charge in [0.2, 0.25) is 0 Å². The van der Waals surface area contributed by atoms with Gasteiger partial charge < -0.3 is 9.88 Å². The van der Waals surface area contributed by atoms with Crippen molar-refractivity contribution in [3.05, 3.63) is 56.4 Å². The van der Waals surface area contributed by atoms with E-state index in [0.29, 0.717) is 6.54 Å². The number of fused-ring (bicyclic) bond motifs is 2. The fraction of sp³-hybridized carbons (Fsp3) is 0.389. The number of pyridine rings is 1. The van der Waals surface area contributed by atoms with Gasteiger partial charge in [-0.15, -0.1) is 0 Å². The lowest BCUT2D eigenvalue weighted by Gasteiger charge is -2.11. The summed E-state index contributed by atoms with van der Waals surface area (Å²) >= 11 is 0. The van der Waals surface area contributed by atoms with E-state index in [1.807, 2.05) is 6.20 Å². The minimum Gasteiger partial charge on any atom is -0.345 e. The van der Waals surface area contributed by atoms with E-state index in [1.165, 1.54) is 30.8 Å². The van der Waals surface area contributed by atoms with Crippen molar-refractivity contribution >= 4 is 16.9 Å². The van der Waals surface area contributed by atoms with E-state index in [1.54, 1.807) is 0 Å². The predicted octanol–water partition coefficient (Wildman–Crippen LogP) is 0.0950. The second-order valence-electron chi connectivity index (χ2n) is 6.76. The molecule has 4 rings (SSSR count). The van der Waals surface area contributed by atoms with Crippen molar-refractivity contribution in [3.63, 3.8) is 0 Å². The first-order chi connectivity index (χ1) is 13.0. The van der Waals surface area contributed by atoms with Gasteiger partial charge in [-0.2, -0.15) is 0 Å². The summed E-state index contributed by atoms with van der Waals surface area (Å²) in [5.41, 5.74) is 0.225. The Morgan fingerprint density at radius 3 is 2.74 bits per heavy atom. The van der Waals surface area contributed by atoms with Crippen LogP contribution in [-0.2, 0) is 33.6 Å². The molecule has 0 atom stereocenters. The first-order valence-corrected chi connectivity index (χ1v) is 8.85. The van der Waals surface area contributed by atoms with Crippen LogP contribution >= 0.6 is 0 Å². The van der Waals surface area contributed by atoms with Crippen LogP contribution in [-0.4, -0.2) is 29.6 Å². The van der Waals surface area contributed by atoms with Gasteiger partial charge in [-0.1, -0.05) is 0 Å². The average Bonchev–Trinajstić information content (AvgIpc) is 3.11. The molecule has 0 spiro atoms. The van der Waals surface area contributed by atoms with Crippen molar-refractivity contribution in [1.82, 2.24) is 29.0 Å². The molecule has 0 unspecified atom stereocenters. The highest BCUT2D eigenvalue weighted by atomic mass is 16.2. The number of rotatable bonds is 3. The van der Waals surface area contributed by atoms with Gasteiger partial charge in [0.05, 0.1) is 17.6 Å². The maximum Gasteiger partial charge on any atom is 0.332 e. The van der Waals surface area contributed by atoms with Crippen LogP contribution in [0.2, 0.25) is 0 Å². The third-order valence-electron chi connectivity index (χ3n) is 4.92. The lowest BCUT2D eigenvalue weighted by molar-refractivity contribution is 0.0945. The zero-order chi connectivity index (χ0) is 19.1. The normalized spacial score (nSPS) is 13.6. The van der Waals surface area contributed by atoms with Crippen molar-refractivity contribution in [3.8, 4) is 0 Å². The van der Waals surface area contributed by atoms with Crippen molar-refractivity contribution in [1.29, 1.82) is 0 Å². The zero-order valence-electron chi connectivity index (χ0n) is 15.2. The summed E-state index contributed by atoms with van der Waals surface area (Å²) in [4.78, 5) is 45.5. The highest BCUT2D eigenvalue weighted by Crippen LogP contribution is 2.14. The molecular weight excluding hydrogens is 348 g/mol. The minimum atomic E-state index is -0.485. The van der Waals surface area contributed by atoms with Crippen molar-refractivity contribution < 1.29 is 4.79 Å². The third kappa shape index (κ3) is 2.94. The second kappa shape index (κ2) is 6.49. The summed E-state index contributed by atoms with van der Waals surface area (Å²) in [5.74, 6) is 0.677. The molecule has 9 heteroatoms. The molecule has 3 aromatic rings. The Kier molecular flexibility index (Phi) is 4.14. The summed E-state index contributed by atoms with van der Waals surface area (Å²) in [6.45, 7) is 1.26. The molecule has 1 N–H and O–H groups in total. The first-order valence-electron chi connectivity index (χ1n) is 8.85. The van der Waals surface area contributed by atoms with Gasteiger partial charge >= 0.3 is 5.69 Å². The second-order valence-corrected chi connectivity index (χ2v) is 6.76. The Bertz CT molecular complexity index is 1150. The number of aromatic nitrogens is 5. The van der Waals surface area contributed by atoms with E-state index in [0.717, 1.165) is 41.9 Å². The van der Waals surface area contributed by atoms with Crippen molar-refractivity contribution in [2.75, 3.05) is 0 Å². The lowest BCUT2D eigenvalue weighted by atomic mass is 10.2. The molecule has 0 aromatic carbocycles. The van der Waals surface area contributed by atoms with Crippen LogP contribution in [0.3, 0.4) is 0 Å². The third-order valence-corrected chi connectivity index (χ3v) is 4.92. The van der Waals surface area contributed by atoms with Gasteiger partial charge in [0.1, 0.15) is 17.2 Å². The van der Waals surface area contributed by atoms with Gasteiger partial charge in [0.25, 0.3) is 11.5 Å². The van der Waals surface area contributed by atoms with Gasteiger partial charge in [-0.05, 0) is 25.0 Å². The molecule has 1 aliphatic rings. The topological polar surface area (TPSA) is 104 Å². The molecular formula is C18H20N6O3. The van der Waals surface area contributed by atoms with Crippen molar-refractivity contribution in [2.45, 2.75) is 32.4 Å². The monoisotopic (exact) mass is 368 g/mol. The fourth-order valence-corrected chi connectivity index (χ4v) is 3.40. The molecule has 0 radical (unpaired) electrons. The molecule has 3 aromatic heterocycles. The van der Waals surface area contributed by atoms with Crippen LogP contribution in [0.5, 0.6) is 0 Å². The van der Waals surface area contributed by atoms with E-state index < -0.39 is 11.2 Å². The number of hydrogen-bond donors (Lipinski definition) is 1. The molecule has 4 heterocycles. The zero-order valence-corrected chi connectivity index (χ0v) is 15.2. The van der Waals surface area contributed by atoms with Gasteiger partial charge in [-0.3, -0.25) is 18.7 Å². The van der Waals surface area contributed by atoms with Crippen molar-refractivity contribution in [2.24, 2.45) is 14.1 Å². The molecule has 1 aliphatic heterocycles. The van der Waals surface area contributed by atoms with Crippen LogP contribution in [0.1, 0.15) is 34.8 Å². The molecule has 9 nitrogen and oxygen atoms in total. The molecule has 0 saturated heterocycles. The van der Waals surface area contributed by atoms with Crippen LogP contribution in [0.15, 0.2) is 27.9 Å². The maximum absolute atomic E-state index is 12.5. The number of nitrogens with zero attached hydrogens (tertiary/aromatic N) is 5. The number of carbonyl (C=O) groups is 1.